The van der Waals surface area contributed by atoms with Gasteiger partial charge in [-0.25, -0.2) is 0 Å². The van der Waals surface area contributed by atoms with Crippen LogP contribution in [0.2, 0.25) is 0 Å². The summed E-state index contributed by atoms with van der Waals surface area (Å²) < 4.78 is 11.5. The molecule has 0 spiro atoms. The van der Waals surface area contributed by atoms with Gasteiger partial charge in [0, 0.05) is 52.5 Å². The van der Waals surface area contributed by atoms with Gasteiger partial charge in [0.05, 0.1) is 12.2 Å². The van der Waals surface area contributed by atoms with Crippen LogP contribution in [0.1, 0.15) is 27.2 Å². The number of hydrogen-bond acceptors (Lipinski definition) is 7. The molecule has 0 fully saturated rings. The SMILES string of the molecule is CCOC(CNC)CNCCCN(CC)CCN(C)CC(CNC)OCC. The highest BCUT2D eigenvalue weighted by molar-refractivity contribution is 4.68. The van der Waals surface area contributed by atoms with Crippen molar-refractivity contribution in [2.75, 3.05) is 93.3 Å². The number of rotatable bonds is 20. The van der Waals surface area contributed by atoms with Gasteiger partial charge in [-0.2, -0.15) is 0 Å². The predicted molar refractivity (Wildman–Crippen MR) is 116 cm³/mol. The summed E-state index contributed by atoms with van der Waals surface area (Å²) in [6.07, 6.45) is 1.68. The first-order valence-corrected chi connectivity index (χ1v) is 10.7. The molecule has 3 N–H and O–H groups in total. The Morgan fingerprint density at radius 2 is 1.44 bits per heavy atom. The Hall–Kier alpha value is -0.280. The lowest BCUT2D eigenvalue weighted by Crippen LogP contribution is -2.41. The summed E-state index contributed by atoms with van der Waals surface area (Å²) in [5.41, 5.74) is 0. The fourth-order valence-corrected chi connectivity index (χ4v) is 3.16. The summed E-state index contributed by atoms with van der Waals surface area (Å²) in [4.78, 5) is 4.91. The largest absolute Gasteiger partial charge is 0.376 e. The van der Waals surface area contributed by atoms with Crippen molar-refractivity contribution in [2.24, 2.45) is 0 Å². The molecular formula is C20H47N5O2. The van der Waals surface area contributed by atoms with Crippen molar-refractivity contribution in [1.29, 1.82) is 0 Å². The molecule has 0 aromatic rings. The standard InChI is InChI=1S/C20H47N5O2/c1-7-25(12-10-11-23-17-19(15-21-4)26-8-2)14-13-24(6)18-20(16-22-5)27-9-3/h19-23H,7-18H2,1-6H3. The molecule has 164 valence electrons. The molecule has 0 saturated heterocycles. The summed E-state index contributed by atoms with van der Waals surface area (Å²) in [5, 5.41) is 9.93. The Balaban J connectivity index is 3.93. The Morgan fingerprint density at radius 1 is 0.815 bits per heavy atom. The molecule has 0 aromatic carbocycles. The lowest BCUT2D eigenvalue weighted by Gasteiger charge is -2.27. The average molecular weight is 390 g/mol. The van der Waals surface area contributed by atoms with Gasteiger partial charge < -0.3 is 35.2 Å². The molecule has 0 aromatic heterocycles. The first-order chi connectivity index (χ1) is 13.1. The first kappa shape index (κ1) is 26.7. The minimum Gasteiger partial charge on any atom is -0.376 e. The second-order valence-electron chi connectivity index (χ2n) is 7.02. The van der Waals surface area contributed by atoms with E-state index in [2.05, 4.69) is 46.6 Å². The van der Waals surface area contributed by atoms with Crippen LogP contribution in [0.15, 0.2) is 0 Å². The van der Waals surface area contributed by atoms with Gasteiger partial charge in [0.25, 0.3) is 0 Å². The molecular weight excluding hydrogens is 342 g/mol. The molecule has 0 aliphatic heterocycles. The quantitative estimate of drug-likeness (QED) is 0.262. The second kappa shape index (κ2) is 19.1. The van der Waals surface area contributed by atoms with Crippen LogP contribution in [0, 0.1) is 0 Å². The summed E-state index contributed by atoms with van der Waals surface area (Å²) in [5.74, 6) is 0. The van der Waals surface area contributed by atoms with E-state index < -0.39 is 0 Å². The maximum Gasteiger partial charge on any atom is 0.0825 e. The Kier molecular flexibility index (Phi) is 18.9. The first-order valence-electron chi connectivity index (χ1n) is 10.7. The van der Waals surface area contributed by atoms with Crippen LogP contribution in [-0.2, 0) is 9.47 Å². The van der Waals surface area contributed by atoms with Crippen LogP contribution in [0.25, 0.3) is 0 Å². The van der Waals surface area contributed by atoms with E-state index in [1.165, 1.54) is 0 Å². The van der Waals surface area contributed by atoms with Gasteiger partial charge in [-0.15, -0.1) is 0 Å². The number of hydrogen-bond donors (Lipinski definition) is 3. The van der Waals surface area contributed by atoms with Gasteiger partial charge in [-0.05, 0) is 61.0 Å². The smallest absolute Gasteiger partial charge is 0.0825 e. The fraction of sp³-hybridized carbons (Fsp3) is 1.00. The topological polar surface area (TPSA) is 61.0 Å². The van der Waals surface area contributed by atoms with Gasteiger partial charge in [0.2, 0.25) is 0 Å². The van der Waals surface area contributed by atoms with Crippen molar-refractivity contribution >= 4 is 0 Å². The summed E-state index contributed by atoms with van der Waals surface area (Å²) in [6.45, 7) is 17.0. The Labute approximate surface area is 168 Å². The van der Waals surface area contributed by atoms with E-state index in [4.69, 9.17) is 9.47 Å². The monoisotopic (exact) mass is 389 g/mol. The molecule has 0 saturated carbocycles. The van der Waals surface area contributed by atoms with E-state index in [1.807, 2.05) is 21.0 Å². The van der Waals surface area contributed by atoms with Crippen molar-refractivity contribution < 1.29 is 9.47 Å². The Bertz CT molecular complexity index is 298. The summed E-state index contributed by atoms with van der Waals surface area (Å²) in [6, 6.07) is 0. The third-order valence-electron chi connectivity index (χ3n) is 4.63. The van der Waals surface area contributed by atoms with Crippen molar-refractivity contribution in [3.8, 4) is 0 Å². The number of likely N-dealkylation sites (N-methyl/N-ethyl adjacent to an activating group) is 4. The van der Waals surface area contributed by atoms with Crippen LogP contribution in [-0.4, -0.2) is 115 Å². The van der Waals surface area contributed by atoms with Crippen LogP contribution >= 0.6 is 0 Å². The number of nitrogens with one attached hydrogen (secondary N) is 3. The molecule has 0 aliphatic carbocycles. The molecule has 0 radical (unpaired) electrons. The van der Waals surface area contributed by atoms with Gasteiger partial charge in [0.1, 0.15) is 0 Å². The van der Waals surface area contributed by atoms with Crippen LogP contribution in [0.3, 0.4) is 0 Å². The average Bonchev–Trinajstić information content (AvgIpc) is 2.64. The molecule has 0 amide bonds. The summed E-state index contributed by atoms with van der Waals surface area (Å²) >= 11 is 0. The van der Waals surface area contributed by atoms with Crippen molar-refractivity contribution in [3.63, 3.8) is 0 Å². The van der Waals surface area contributed by atoms with Gasteiger partial charge in [0.15, 0.2) is 0 Å². The molecule has 7 heteroatoms. The molecule has 7 nitrogen and oxygen atoms in total. The Morgan fingerprint density at radius 3 is 2.04 bits per heavy atom. The third-order valence-corrected chi connectivity index (χ3v) is 4.63. The normalized spacial score (nSPS) is 14.2. The zero-order valence-corrected chi connectivity index (χ0v) is 18.9. The van der Waals surface area contributed by atoms with Crippen molar-refractivity contribution in [3.05, 3.63) is 0 Å². The van der Waals surface area contributed by atoms with E-state index >= 15 is 0 Å². The molecule has 27 heavy (non-hydrogen) atoms. The highest BCUT2D eigenvalue weighted by atomic mass is 16.5. The van der Waals surface area contributed by atoms with Crippen molar-refractivity contribution in [2.45, 2.75) is 39.4 Å². The highest BCUT2D eigenvalue weighted by Gasteiger charge is 2.12. The molecule has 2 atom stereocenters. The zero-order valence-electron chi connectivity index (χ0n) is 18.9. The fourth-order valence-electron chi connectivity index (χ4n) is 3.16. The summed E-state index contributed by atoms with van der Waals surface area (Å²) in [7, 11) is 6.14. The molecule has 0 bridgehead atoms. The second-order valence-corrected chi connectivity index (χ2v) is 7.02. The van der Waals surface area contributed by atoms with E-state index in [0.29, 0.717) is 0 Å². The van der Waals surface area contributed by atoms with Gasteiger partial charge in [-0.3, -0.25) is 0 Å². The van der Waals surface area contributed by atoms with Crippen LogP contribution in [0.5, 0.6) is 0 Å². The van der Waals surface area contributed by atoms with E-state index in [9.17, 15) is 0 Å². The molecule has 0 aliphatic rings. The maximum atomic E-state index is 5.79. The van der Waals surface area contributed by atoms with Gasteiger partial charge >= 0.3 is 0 Å². The number of ether oxygens (including phenoxy) is 2. The van der Waals surface area contributed by atoms with E-state index in [-0.39, 0.29) is 12.2 Å². The molecule has 0 heterocycles. The lowest BCUT2D eigenvalue weighted by atomic mass is 10.3. The number of nitrogens with zero attached hydrogens (tertiary/aromatic N) is 2. The van der Waals surface area contributed by atoms with E-state index in [1.54, 1.807) is 0 Å². The third kappa shape index (κ3) is 15.3. The van der Waals surface area contributed by atoms with Gasteiger partial charge in [-0.1, -0.05) is 6.92 Å². The van der Waals surface area contributed by atoms with Crippen molar-refractivity contribution in [1.82, 2.24) is 25.8 Å². The predicted octanol–water partition coefficient (Wildman–Crippen LogP) is 0.469. The molecule has 0 rings (SSSR count). The minimum absolute atomic E-state index is 0.256. The van der Waals surface area contributed by atoms with Crippen LogP contribution < -0.4 is 16.0 Å². The lowest BCUT2D eigenvalue weighted by molar-refractivity contribution is 0.0389. The van der Waals surface area contributed by atoms with Crippen LogP contribution in [0.4, 0.5) is 0 Å². The minimum atomic E-state index is 0.256. The zero-order chi connectivity index (χ0) is 20.3. The highest BCUT2D eigenvalue weighted by Crippen LogP contribution is 1.98. The van der Waals surface area contributed by atoms with E-state index in [0.717, 1.165) is 78.5 Å². The molecule has 2 unspecified atom stereocenters. The maximum absolute atomic E-state index is 5.79.